The number of carbonyl (C=O) groups is 1. The molecule has 0 aliphatic carbocycles. The van der Waals surface area contributed by atoms with Gasteiger partial charge in [0.25, 0.3) is 5.89 Å². The Hall–Kier alpha value is -3.11. The van der Waals surface area contributed by atoms with Crippen molar-refractivity contribution in [3.05, 3.63) is 65.3 Å². The lowest BCUT2D eigenvalue weighted by atomic mass is 10.1. The molecule has 0 amide bonds. The molecule has 0 bridgehead atoms. The maximum atomic E-state index is 13.7. The predicted molar refractivity (Wildman–Crippen MR) is 105 cm³/mol. The highest BCUT2D eigenvalue weighted by Crippen LogP contribution is 2.22. The summed E-state index contributed by atoms with van der Waals surface area (Å²) in [7, 11) is -3.85. The Balaban J connectivity index is 1.60. The van der Waals surface area contributed by atoms with Crippen molar-refractivity contribution in [3.63, 3.8) is 0 Å². The summed E-state index contributed by atoms with van der Waals surface area (Å²) in [5.41, 5.74) is 1.81. The van der Waals surface area contributed by atoms with E-state index in [1.165, 1.54) is 25.1 Å². The third-order valence-corrected chi connectivity index (χ3v) is 5.68. The van der Waals surface area contributed by atoms with Crippen molar-refractivity contribution in [2.24, 2.45) is 0 Å². The fourth-order valence-corrected chi connectivity index (χ4v) is 3.46. The minimum Gasteiger partial charge on any atom is -0.452 e. The fourth-order valence-electron chi connectivity index (χ4n) is 2.49. The molecule has 0 radical (unpaired) electrons. The lowest BCUT2D eigenvalue weighted by molar-refractivity contribution is -0.148. The summed E-state index contributed by atoms with van der Waals surface area (Å²) in [4.78, 5) is 16.2. The van der Waals surface area contributed by atoms with E-state index in [1.807, 2.05) is 6.92 Å². The standard InChI is InChI=1S/C20H20FN3O5S/c1-12-4-8-16(9-5-12)30(26,27)22-11-18(25)28-14(3)20-23-19(24-29-20)15-7-6-13(2)17(21)10-15/h4-10,14,22H,11H2,1-3H3. The number of esters is 1. The molecular weight excluding hydrogens is 413 g/mol. The van der Waals surface area contributed by atoms with E-state index in [0.717, 1.165) is 5.56 Å². The van der Waals surface area contributed by atoms with E-state index in [-0.39, 0.29) is 16.6 Å². The summed E-state index contributed by atoms with van der Waals surface area (Å²) in [6.45, 7) is 4.40. The molecule has 1 heterocycles. The van der Waals surface area contributed by atoms with Crippen molar-refractivity contribution in [1.82, 2.24) is 14.9 Å². The van der Waals surface area contributed by atoms with Gasteiger partial charge in [-0.05, 0) is 44.5 Å². The first-order valence-electron chi connectivity index (χ1n) is 9.01. The Kier molecular flexibility index (Phi) is 6.28. The third kappa shape index (κ3) is 5.08. The molecule has 1 atom stereocenters. The second kappa shape index (κ2) is 8.72. The molecular formula is C20H20FN3O5S. The topological polar surface area (TPSA) is 111 Å². The van der Waals surface area contributed by atoms with Crippen LogP contribution in [0.15, 0.2) is 51.9 Å². The number of rotatable bonds is 7. The zero-order valence-electron chi connectivity index (χ0n) is 16.5. The van der Waals surface area contributed by atoms with Crippen LogP contribution in [-0.2, 0) is 19.6 Å². The van der Waals surface area contributed by atoms with Crippen LogP contribution in [0.4, 0.5) is 4.39 Å². The molecule has 2 aromatic carbocycles. The summed E-state index contributed by atoms with van der Waals surface area (Å²) < 4.78 is 50.6. The Morgan fingerprint density at radius 1 is 1.20 bits per heavy atom. The summed E-state index contributed by atoms with van der Waals surface area (Å²) in [6, 6.07) is 10.7. The lowest BCUT2D eigenvalue weighted by Crippen LogP contribution is -2.31. The van der Waals surface area contributed by atoms with Crippen molar-refractivity contribution in [2.45, 2.75) is 31.8 Å². The molecule has 0 spiro atoms. The van der Waals surface area contributed by atoms with Crippen LogP contribution in [0.2, 0.25) is 0 Å². The van der Waals surface area contributed by atoms with E-state index in [2.05, 4.69) is 14.9 Å². The highest BCUT2D eigenvalue weighted by molar-refractivity contribution is 7.89. The number of sulfonamides is 1. The van der Waals surface area contributed by atoms with E-state index >= 15 is 0 Å². The molecule has 10 heteroatoms. The molecule has 1 N–H and O–H groups in total. The van der Waals surface area contributed by atoms with Crippen LogP contribution < -0.4 is 4.72 Å². The third-order valence-electron chi connectivity index (χ3n) is 4.27. The average molecular weight is 433 g/mol. The van der Waals surface area contributed by atoms with Crippen LogP contribution in [0.1, 0.15) is 30.0 Å². The van der Waals surface area contributed by atoms with Crippen LogP contribution in [0.3, 0.4) is 0 Å². The Morgan fingerprint density at radius 2 is 1.90 bits per heavy atom. The second-order valence-electron chi connectivity index (χ2n) is 6.69. The summed E-state index contributed by atoms with van der Waals surface area (Å²) >= 11 is 0. The Morgan fingerprint density at radius 3 is 2.57 bits per heavy atom. The molecule has 0 aliphatic heterocycles. The number of carbonyl (C=O) groups excluding carboxylic acids is 1. The van der Waals surface area contributed by atoms with E-state index < -0.39 is 34.5 Å². The van der Waals surface area contributed by atoms with E-state index in [0.29, 0.717) is 11.1 Å². The average Bonchev–Trinajstić information content (AvgIpc) is 3.19. The van der Waals surface area contributed by atoms with Crippen LogP contribution in [0.25, 0.3) is 11.4 Å². The van der Waals surface area contributed by atoms with E-state index in [1.54, 1.807) is 31.2 Å². The number of hydrogen-bond acceptors (Lipinski definition) is 7. The number of benzene rings is 2. The molecule has 8 nitrogen and oxygen atoms in total. The predicted octanol–water partition coefficient (Wildman–Crippen LogP) is 3.08. The maximum absolute atomic E-state index is 13.7. The van der Waals surface area contributed by atoms with Crippen molar-refractivity contribution in [2.75, 3.05) is 6.54 Å². The second-order valence-corrected chi connectivity index (χ2v) is 8.46. The molecule has 3 aromatic rings. The van der Waals surface area contributed by atoms with Crippen molar-refractivity contribution in [1.29, 1.82) is 0 Å². The highest BCUT2D eigenvalue weighted by Gasteiger charge is 2.21. The summed E-state index contributed by atoms with van der Waals surface area (Å²) in [5, 5.41) is 3.76. The molecule has 0 saturated heterocycles. The number of nitrogens with zero attached hydrogens (tertiary/aromatic N) is 2. The van der Waals surface area contributed by atoms with Gasteiger partial charge >= 0.3 is 5.97 Å². The minimum atomic E-state index is -3.85. The first kappa shape index (κ1) is 21.6. The molecule has 0 fully saturated rings. The number of halogens is 1. The van der Waals surface area contributed by atoms with Gasteiger partial charge in [0.15, 0.2) is 6.10 Å². The van der Waals surface area contributed by atoms with Gasteiger partial charge in [-0.2, -0.15) is 9.71 Å². The molecule has 1 aromatic heterocycles. The summed E-state index contributed by atoms with van der Waals surface area (Å²) in [5.74, 6) is -1.08. The highest BCUT2D eigenvalue weighted by atomic mass is 32.2. The molecule has 0 saturated carbocycles. The van der Waals surface area contributed by atoms with Crippen molar-refractivity contribution in [3.8, 4) is 11.4 Å². The zero-order valence-corrected chi connectivity index (χ0v) is 17.4. The monoisotopic (exact) mass is 433 g/mol. The van der Waals surface area contributed by atoms with Crippen LogP contribution in [-0.4, -0.2) is 31.1 Å². The zero-order chi connectivity index (χ0) is 21.9. The van der Waals surface area contributed by atoms with Crippen molar-refractivity contribution >= 4 is 16.0 Å². The molecule has 3 rings (SSSR count). The van der Waals surface area contributed by atoms with Gasteiger partial charge in [0.2, 0.25) is 15.8 Å². The number of hydrogen-bond donors (Lipinski definition) is 1. The number of aromatic nitrogens is 2. The molecule has 0 aliphatic rings. The van der Waals surface area contributed by atoms with Gasteiger partial charge in [-0.25, -0.2) is 12.8 Å². The van der Waals surface area contributed by atoms with Crippen molar-refractivity contribution < 1.29 is 26.9 Å². The van der Waals surface area contributed by atoms with Gasteiger partial charge in [0.05, 0.1) is 4.90 Å². The van der Waals surface area contributed by atoms with Gasteiger partial charge in [-0.1, -0.05) is 35.0 Å². The largest absolute Gasteiger partial charge is 0.452 e. The quantitative estimate of drug-likeness (QED) is 0.570. The molecule has 158 valence electrons. The lowest BCUT2D eigenvalue weighted by Gasteiger charge is -2.10. The first-order chi connectivity index (χ1) is 14.2. The van der Waals surface area contributed by atoms with E-state index in [9.17, 15) is 17.6 Å². The number of nitrogens with one attached hydrogen (secondary N) is 1. The van der Waals surface area contributed by atoms with Gasteiger partial charge in [-0.3, -0.25) is 4.79 Å². The smallest absolute Gasteiger partial charge is 0.321 e. The van der Waals surface area contributed by atoms with Crippen LogP contribution in [0.5, 0.6) is 0 Å². The molecule has 30 heavy (non-hydrogen) atoms. The molecule has 1 unspecified atom stereocenters. The van der Waals surface area contributed by atoms with Gasteiger partial charge in [0, 0.05) is 5.56 Å². The summed E-state index contributed by atoms with van der Waals surface area (Å²) in [6.07, 6.45) is -0.919. The van der Waals surface area contributed by atoms with Gasteiger partial charge < -0.3 is 9.26 Å². The SMILES string of the molecule is Cc1ccc(S(=O)(=O)NCC(=O)OC(C)c2nc(-c3ccc(C)c(F)c3)no2)cc1. The minimum absolute atomic E-state index is 0.000671. The Labute approximate surface area is 173 Å². The fraction of sp³-hybridized carbons (Fsp3) is 0.250. The van der Waals surface area contributed by atoms with Crippen LogP contribution in [0, 0.1) is 19.7 Å². The Bertz CT molecular complexity index is 1160. The number of aryl methyl sites for hydroxylation is 2. The van der Waals surface area contributed by atoms with Gasteiger partial charge in [-0.15, -0.1) is 0 Å². The normalized spacial score (nSPS) is 12.5. The number of ether oxygens (including phenoxy) is 1. The maximum Gasteiger partial charge on any atom is 0.321 e. The van der Waals surface area contributed by atoms with Crippen LogP contribution >= 0.6 is 0 Å². The van der Waals surface area contributed by atoms with Gasteiger partial charge in [0.1, 0.15) is 12.4 Å². The first-order valence-corrected chi connectivity index (χ1v) is 10.5. The van der Waals surface area contributed by atoms with E-state index in [4.69, 9.17) is 9.26 Å².